The Morgan fingerprint density at radius 2 is 1.81 bits per heavy atom. The molecule has 0 N–H and O–H groups in total. The summed E-state index contributed by atoms with van der Waals surface area (Å²) in [6.07, 6.45) is 1.17. The number of hydrogen-bond acceptors (Lipinski definition) is 4. The molecule has 0 amide bonds. The van der Waals surface area contributed by atoms with Gasteiger partial charge >= 0.3 is 0 Å². The summed E-state index contributed by atoms with van der Waals surface area (Å²) in [5.41, 5.74) is 0. The second kappa shape index (κ2) is 7.38. The lowest BCUT2D eigenvalue weighted by molar-refractivity contribution is -0.114. The summed E-state index contributed by atoms with van der Waals surface area (Å²) in [7, 11) is 0. The summed E-state index contributed by atoms with van der Waals surface area (Å²) in [6, 6.07) is 0. The molecule has 0 saturated carbocycles. The van der Waals surface area contributed by atoms with Crippen molar-refractivity contribution in [3.05, 3.63) is 0 Å². The molecule has 0 rings (SSSR count). The topological polar surface area (TPSA) is 34.1 Å². The second-order valence-electron chi connectivity index (χ2n) is 4.78. The Labute approximate surface area is 107 Å². The summed E-state index contributed by atoms with van der Waals surface area (Å²) in [6.45, 7) is 9.95. The van der Waals surface area contributed by atoms with Gasteiger partial charge in [0.2, 0.25) is 0 Å². The quantitative estimate of drug-likeness (QED) is 0.756. The van der Waals surface area contributed by atoms with Gasteiger partial charge in [-0.3, -0.25) is 9.59 Å². The van der Waals surface area contributed by atoms with Crippen molar-refractivity contribution in [3.8, 4) is 0 Å². The summed E-state index contributed by atoms with van der Waals surface area (Å²) in [5.74, 6) is 0.808. The van der Waals surface area contributed by atoms with Crippen molar-refractivity contribution in [2.45, 2.75) is 52.2 Å². The average Bonchev–Trinajstić information content (AvgIpc) is 2.11. The number of rotatable bonds is 5. The molecule has 0 aromatic heterocycles. The van der Waals surface area contributed by atoms with Gasteiger partial charge in [0, 0.05) is 17.1 Å². The molecule has 0 aliphatic rings. The van der Waals surface area contributed by atoms with Gasteiger partial charge in [0.15, 0.2) is 10.2 Å². The molecule has 1 atom stereocenters. The second-order valence-corrected chi connectivity index (χ2v) is 7.93. The minimum atomic E-state index is -0.0253. The zero-order valence-corrected chi connectivity index (χ0v) is 12.5. The molecule has 2 nitrogen and oxygen atoms in total. The van der Waals surface area contributed by atoms with Crippen LogP contribution in [0.4, 0.5) is 0 Å². The van der Waals surface area contributed by atoms with Crippen LogP contribution in [0.3, 0.4) is 0 Å². The molecule has 0 fully saturated rings. The third kappa shape index (κ3) is 8.22. The van der Waals surface area contributed by atoms with Crippen LogP contribution >= 0.6 is 23.5 Å². The van der Waals surface area contributed by atoms with E-state index in [1.807, 2.05) is 34.6 Å². The molecule has 1 unspecified atom stereocenters. The number of hydrogen-bond donors (Lipinski definition) is 0. The van der Waals surface area contributed by atoms with Gasteiger partial charge in [-0.15, -0.1) is 0 Å². The minimum Gasteiger partial charge on any atom is -0.287 e. The lowest BCUT2D eigenvalue weighted by Gasteiger charge is -2.16. The van der Waals surface area contributed by atoms with Gasteiger partial charge in [-0.1, -0.05) is 58.1 Å². The van der Waals surface area contributed by atoms with E-state index in [1.165, 1.54) is 23.5 Å². The van der Waals surface area contributed by atoms with E-state index in [4.69, 9.17) is 0 Å². The van der Waals surface area contributed by atoms with Crippen LogP contribution in [0.1, 0.15) is 47.5 Å². The van der Waals surface area contributed by atoms with Crippen molar-refractivity contribution in [1.82, 2.24) is 0 Å². The molecule has 0 radical (unpaired) electrons. The predicted octanol–water partition coefficient (Wildman–Crippen LogP) is 3.74. The van der Waals surface area contributed by atoms with Gasteiger partial charge in [-0.2, -0.15) is 0 Å². The first kappa shape index (κ1) is 16.0. The van der Waals surface area contributed by atoms with Gasteiger partial charge in [0.05, 0.1) is 0 Å². The summed E-state index contributed by atoms with van der Waals surface area (Å²) >= 11 is 2.71. The van der Waals surface area contributed by atoms with Gasteiger partial charge in [-0.25, -0.2) is 0 Å². The van der Waals surface area contributed by atoms with E-state index in [2.05, 4.69) is 0 Å². The molecular weight excluding hydrogens is 240 g/mol. The molecule has 0 aliphatic carbocycles. The Balaban J connectivity index is 3.88. The minimum absolute atomic E-state index is 0.00512. The van der Waals surface area contributed by atoms with Crippen LogP contribution in [0, 0.1) is 5.92 Å². The van der Waals surface area contributed by atoms with Crippen molar-refractivity contribution in [2.75, 3.05) is 5.75 Å². The summed E-state index contributed by atoms with van der Waals surface area (Å²) in [5, 5.41) is 0.393. The van der Waals surface area contributed by atoms with Gasteiger partial charge < -0.3 is 0 Å². The van der Waals surface area contributed by atoms with Crippen molar-refractivity contribution in [2.24, 2.45) is 5.92 Å². The Hall–Kier alpha value is 0.0400. The van der Waals surface area contributed by atoms with Crippen LogP contribution in [0.2, 0.25) is 0 Å². The van der Waals surface area contributed by atoms with Crippen molar-refractivity contribution >= 4 is 33.8 Å². The molecule has 0 saturated heterocycles. The molecule has 0 spiro atoms. The first-order valence-corrected chi connectivity index (χ1v) is 7.45. The maximum absolute atomic E-state index is 11.6. The molecule has 0 bridgehead atoms. The molecule has 4 heteroatoms. The highest BCUT2D eigenvalue weighted by Gasteiger charge is 2.19. The zero-order valence-electron chi connectivity index (χ0n) is 10.8. The highest BCUT2D eigenvalue weighted by molar-refractivity contribution is 8.14. The monoisotopic (exact) mass is 262 g/mol. The number of carbonyl (C=O) groups is 2. The highest BCUT2D eigenvalue weighted by Crippen LogP contribution is 2.26. The van der Waals surface area contributed by atoms with Crippen molar-refractivity contribution in [3.63, 3.8) is 0 Å². The molecular formula is C12H22O2S2. The highest BCUT2D eigenvalue weighted by atomic mass is 32.2. The average molecular weight is 262 g/mol. The fourth-order valence-corrected chi connectivity index (χ4v) is 2.72. The van der Waals surface area contributed by atoms with Gasteiger partial charge in [0.25, 0.3) is 0 Å². The fourth-order valence-electron chi connectivity index (χ4n) is 1.13. The van der Waals surface area contributed by atoms with E-state index in [-0.39, 0.29) is 20.9 Å². The van der Waals surface area contributed by atoms with E-state index < -0.39 is 0 Å². The van der Waals surface area contributed by atoms with E-state index in [0.29, 0.717) is 12.8 Å². The maximum atomic E-state index is 11.6. The standard InChI is InChI=1S/C12H22O2S2/c1-6-15-11(14)9(2)7-8-10(13)16-12(3,4)5/h9H,6-8H2,1-5H3. The first-order valence-electron chi connectivity index (χ1n) is 5.64. The van der Waals surface area contributed by atoms with E-state index in [1.54, 1.807) is 0 Å². The molecule has 0 heterocycles. The third-order valence-corrected chi connectivity index (χ3v) is 3.91. The summed E-state index contributed by atoms with van der Waals surface area (Å²) in [4.78, 5) is 23.1. The Bertz CT molecular complexity index is 244. The first-order chi connectivity index (χ1) is 7.26. The Kier molecular flexibility index (Phi) is 7.40. The third-order valence-electron chi connectivity index (χ3n) is 1.89. The predicted molar refractivity (Wildman–Crippen MR) is 73.9 cm³/mol. The van der Waals surface area contributed by atoms with Crippen LogP contribution in [0.15, 0.2) is 0 Å². The molecule has 0 aliphatic heterocycles. The fraction of sp³-hybridized carbons (Fsp3) is 0.833. The molecule has 0 aromatic carbocycles. The number of thioether (sulfide) groups is 2. The maximum Gasteiger partial charge on any atom is 0.191 e. The molecule has 16 heavy (non-hydrogen) atoms. The SMILES string of the molecule is CCSC(=O)C(C)CCC(=O)SC(C)(C)C. The van der Waals surface area contributed by atoms with Crippen LogP contribution in [0.25, 0.3) is 0 Å². The van der Waals surface area contributed by atoms with Crippen molar-refractivity contribution in [1.29, 1.82) is 0 Å². The van der Waals surface area contributed by atoms with E-state index in [9.17, 15) is 9.59 Å². The number of carbonyl (C=O) groups excluding carboxylic acids is 2. The lowest BCUT2D eigenvalue weighted by Crippen LogP contribution is -2.14. The van der Waals surface area contributed by atoms with Crippen LogP contribution in [-0.2, 0) is 9.59 Å². The van der Waals surface area contributed by atoms with Gasteiger partial charge in [-0.05, 0) is 12.2 Å². The van der Waals surface area contributed by atoms with Gasteiger partial charge in [0.1, 0.15) is 0 Å². The normalized spacial score (nSPS) is 13.6. The van der Waals surface area contributed by atoms with Crippen LogP contribution in [0.5, 0.6) is 0 Å². The van der Waals surface area contributed by atoms with E-state index >= 15 is 0 Å². The van der Waals surface area contributed by atoms with Crippen molar-refractivity contribution < 1.29 is 9.59 Å². The molecule has 0 aromatic rings. The van der Waals surface area contributed by atoms with Crippen LogP contribution < -0.4 is 0 Å². The zero-order chi connectivity index (χ0) is 12.8. The lowest BCUT2D eigenvalue weighted by atomic mass is 10.1. The Morgan fingerprint density at radius 1 is 1.25 bits per heavy atom. The summed E-state index contributed by atoms with van der Waals surface area (Å²) < 4.78 is -0.0253. The van der Waals surface area contributed by atoms with E-state index in [0.717, 1.165) is 5.75 Å². The smallest absolute Gasteiger partial charge is 0.191 e. The largest absolute Gasteiger partial charge is 0.287 e. The Morgan fingerprint density at radius 3 is 2.25 bits per heavy atom. The van der Waals surface area contributed by atoms with Crippen LogP contribution in [-0.4, -0.2) is 20.7 Å². The molecule has 94 valence electrons.